The highest BCUT2D eigenvalue weighted by Gasteiger charge is 2.19. The molecule has 2 N–H and O–H groups in total. The maximum atomic E-state index is 12.1. The van der Waals surface area contributed by atoms with Crippen molar-refractivity contribution >= 4 is 33.7 Å². The van der Waals surface area contributed by atoms with E-state index in [-0.39, 0.29) is 16.0 Å². The molecule has 1 rings (SSSR count). The van der Waals surface area contributed by atoms with E-state index < -0.39 is 16.0 Å². The summed E-state index contributed by atoms with van der Waals surface area (Å²) in [6.45, 7) is 3.63. The first-order chi connectivity index (χ1) is 9.26. The Balaban J connectivity index is 3.07. The first-order valence-electron chi connectivity index (χ1n) is 5.99. The molecule has 1 aromatic rings. The molecule has 0 radical (unpaired) electrons. The molecule has 20 heavy (non-hydrogen) atoms. The van der Waals surface area contributed by atoms with Crippen molar-refractivity contribution in [2.24, 2.45) is 0 Å². The summed E-state index contributed by atoms with van der Waals surface area (Å²) in [6.07, 6.45) is 2.96. The van der Waals surface area contributed by atoms with E-state index in [4.69, 9.17) is 16.7 Å². The number of hydrogen-bond donors (Lipinski definition) is 2. The molecule has 7 heteroatoms. The number of carbonyl (C=O) groups is 1. The molecule has 1 unspecified atom stereocenters. The number of hydrogen-bond acceptors (Lipinski definition) is 3. The summed E-state index contributed by atoms with van der Waals surface area (Å²) in [4.78, 5) is 10.4. The third-order valence-electron chi connectivity index (χ3n) is 2.63. The summed E-state index contributed by atoms with van der Waals surface area (Å²) >= 11 is 5.96. The summed E-state index contributed by atoms with van der Waals surface area (Å²) < 4.78 is 26.7. The molecule has 1 aromatic carbocycles. The van der Waals surface area contributed by atoms with Gasteiger partial charge in [-0.3, -0.25) is 0 Å². The van der Waals surface area contributed by atoms with Crippen molar-refractivity contribution in [1.82, 2.24) is 4.72 Å². The Labute approximate surface area is 123 Å². The molecule has 1 atom stereocenters. The van der Waals surface area contributed by atoms with Crippen LogP contribution in [0.2, 0.25) is 5.02 Å². The lowest BCUT2D eigenvalue weighted by molar-refractivity contribution is -0.131. The normalized spacial score (nSPS) is 13.6. The van der Waals surface area contributed by atoms with Gasteiger partial charge in [0, 0.05) is 12.1 Å². The van der Waals surface area contributed by atoms with Gasteiger partial charge in [0.15, 0.2) is 0 Å². The average molecular weight is 318 g/mol. The number of benzene rings is 1. The molecule has 110 valence electrons. The molecule has 0 heterocycles. The lowest BCUT2D eigenvalue weighted by Gasteiger charge is -2.13. The van der Waals surface area contributed by atoms with Crippen molar-refractivity contribution in [3.63, 3.8) is 0 Å². The van der Waals surface area contributed by atoms with Gasteiger partial charge in [-0.25, -0.2) is 17.9 Å². The molecule has 0 spiro atoms. The Morgan fingerprint density at radius 1 is 1.50 bits per heavy atom. The highest BCUT2D eigenvalue weighted by atomic mass is 35.5. The zero-order chi connectivity index (χ0) is 15.3. The average Bonchev–Trinajstić information content (AvgIpc) is 2.35. The minimum absolute atomic E-state index is 0.0214. The van der Waals surface area contributed by atoms with Crippen LogP contribution in [0, 0.1) is 0 Å². The third kappa shape index (κ3) is 4.63. The minimum atomic E-state index is -3.67. The highest BCUT2D eigenvalue weighted by Crippen LogP contribution is 2.23. The Kier molecular flexibility index (Phi) is 5.74. The second kappa shape index (κ2) is 6.88. The maximum absolute atomic E-state index is 12.1. The van der Waals surface area contributed by atoms with Crippen LogP contribution in [0.4, 0.5) is 0 Å². The van der Waals surface area contributed by atoms with Crippen molar-refractivity contribution < 1.29 is 18.3 Å². The van der Waals surface area contributed by atoms with Crippen LogP contribution >= 0.6 is 11.6 Å². The summed E-state index contributed by atoms with van der Waals surface area (Å²) in [5.41, 5.74) is 0.514. The number of aliphatic carboxylic acids is 1. The van der Waals surface area contributed by atoms with E-state index in [0.29, 0.717) is 12.0 Å². The number of carboxylic acid groups (broad SMARTS) is 1. The number of sulfonamides is 1. The van der Waals surface area contributed by atoms with Crippen LogP contribution in [-0.4, -0.2) is 25.5 Å². The topological polar surface area (TPSA) is 83.5 Å². The second-order valence-electron chi connectivity index (χ2n) is 4.29. The number of carboxylic acids is 1. The van der Waals surface area contributed by atoms with E-state index in [0.717, 1.165) is 6.08 Å². The fourth-order valence-corrected chi connectivity index (χ4v) is 3.30. The Bertz CT molecular complexity index is 625. The van der Waals surface area contributed by atoms with Gasteiger partial charge in [-0.2, -0.15) is 0 Å². The smallest absolute Gasteiger partial charge is 0.328 e. The SMILES string of the molecule is CCC(C)NS(=O)(=O)c1ccc(C=CC(=O)O)cc1Cl. The number of nitrogens with one attached hydrogen (secondary N) is 1. The van der Waals surface area contributed by atoms with Crippen molar-refractivity contribution in [2.45, 2.75) is 31.2 Å². The molecular weight excluding hydrogens is 302 g/mol. The van der Waals surface area contributed by atoms with Crippen LogP contribution in [0.5, 0.6) is 0 Å². The molecule has 0 aliphatic heterocycles. The lowest BCUT2D eigenvalue weighted by atomic mass is 10.2. The molecule has 0 bridgehead atoms. The summed E-state index contributed by atoms with van der Waals surface area (Å²) in [5, 5.41) is 8.58. The zero-order valence-electron chi connectivity index (χ0n) is 11.1. The molecule has 0 saturated heterocycles. The largest absolute Gasteiger partial charge is 0.478 e. The predicted molar refractivity (Wildman–Crippen MR) is 78.2 cm³/mol. The van der Waals surface area contributed by atoms with E-state index in [2.05, 4.69) is 4.72 Å². The van der Waals surface area contributed by atoms with Crippen LogP contribution in [0.25, 0.3) is 6.08 Å². The van der Waals surface area contributed by atoms with E-state index in [1.165, 1.54) is 24.3 Å². The van der Waals surface area contributed by atoms with Crippen molar-refractivity contribution in [2.75, 3.05) is 0 Å². The maximum Gasteiger partial charge on any atom is 0.328 e. The van der Waals surface area contributed by atoms with Gasteiger partial charge in [-0.1, -0.05) is 24.6 Å². The van der Waals surface area contributed by atoms with Gasteiger partial charge >= 0.3 is 5.97 Å². The molecule has 5 nitrogen and oxygen atoms in total. The Hall–Kier alpha value is -1.37. The van der Waals surface area contributed by atoms with Gasteiger partial charge in [-0.05, 0) is 37.1 Å². The van der Waals surface area contributed by atoms with Gasteiger partial charge in [-0.15, -0.1) is 0 Å². The highest BCUT2D eigenvalue weighted by molar-refractivity contribution is 7.89. The van der Waals surface area contributed by atoms with Gasteiger partial charge in [0.1, 0.15) is 4.90 Å². The molecule has 0 saturated carbocycles. The van der Waals surface area contributed by atoms with Crippen LogP contribution in [0.15, 0.2) is 29.2 Å². The van der Waals surface area contributed by atoms with Crippen LogP contribution in [0.1, 0.15) is 25.8 Å². The van der Waals surface area contributed by atoms with E-state index in [1.807, 2.05) is 6.92 Å². The fourth-order valence-electron chi connectivity index (χ4n) is 1.42. The van der Waals surface area contributed by atoms with E-state index >= 15 is 0 Å². The van der Waals surface area contributed by atoms with Crippen LogP contribution < -0.4 is 4.72 Å². The van der Waals surface area contributed by atoms with Gasteiger partial charge in [0.25, 0.3) is 0 Å². The first-order valence-corrected chi connectivity index (χ1v) is 7.85. The van der Waals surface area contributed by atoms with Crippen molar-refractivity contribution in [3.05, 3.63) is 34.9 Å². The third-order valence-corrected chi connectivity index (χ3v) is 4.70. The zero-order valence-corrected chi connectivity index (χ0v) is 12.7. The van der Waals surface area contributed by atoms with Crippen molar-refractivity contribution in [1.29, 1.82) is 0 Å². The fraction of sp³-hybridized carbons (Fsp3) is 0.308. The van der Waals surface area contributed by atoms with Gasteiger partial charge in [0.05, 0.1) is 5.02 Å². The van der Waals surface area contributed by atoms with Crippen LogP contribution in [0.3, 0.4) is 0 Å². The number of halogens is 1. The number of rotatable bonds is 6. The minimum Gasteiger partial charge on any atom is -0.478 e. The molecule has 0 aromatic heterocycles. The van der Waals surface area contributed by atoms with Gasteiger partial charge in [0.2, 0.25) is 10.0 Å². The predicted octanol–water partition coefficient (Wildman–Crippen LogP) is 2.51. The van der Waals surface area contributed by atoms with Crippen LogP contribution in [-0.2, 0) is 14.8 Å². The summed E-state index contributed by atoms with van der Waals surface area (Å²) in [7, 11) is -3.67. The van der Waals surface area contributed by atoms with E-state index in [9.17, 15) is 13.2 Å². The summed E-state index contributed by atoms with van der Waals surface area (Å²) in [5.74, 6) is -1.09. The van der Waals surface area contributed by atoms with Gasteiger partial charge < -0.3 is 5.11 Å². The molecule has 0 aliphatic rings. The quantitative estimate of drug-likeness (QED) is 0.790. The first kappa shape index (κ1) is 16.7. The standard InChI is InChI=1S/C13H16ClNO4S/c1-3-9(2)15-20(18,19)12-6-4-10(8-11(12)14)5-7-13(16)17/h4-9,15H,3H2,1-2H3,(H,16,17). The Morgan fingerprint density at radius 3 is 2.65 bits per heavy atom. The molecule has 0 fully saturated rings. The monoisotopic (exact) mass is 317 g/mol. The molecular formula is C13H16ClNO4S. The molecule has 0 aliphatic carbocycles. The van der Waals surface area contributed by atoms with Crippen molar-refractivity contribution in [3.8, 4) is 0 Å². The Morgan fingerprint density at radius 2 is 2.15 bits per heavy atom. The second-order valence-corrected chi connectivity index (χ2v) is 6.38. The lowest BCUT2D eigenvalue weighted by Crippen LogP contribution is -2.32. The molecule has 0 amide bonds. The summed E-state index contributed by atoms with van der Waals surface area (Å²) in [6, 6.07) is 4.07. The van der Waals surface area contributed by atoms with E-state index in [1.54, 1.807) is 6.92 Å².